The normalized spacial score (nSPS) is 9.90. The van der Waals surface area contributed by atoms with Gasteiger partial charge in [0.1, 0.15) is 11.9 Å². The Morgan fingerprint density at radius 3 is 2.71 bits per heavy atom. The fourth-order valence-corrected chi connectivity index (χ4v) is 1.83. The molecule has 0 bridgehead atoms. The van der Waals surface area contributed by atoms with Gasteiger partial charge in [-0.3, -0.25) is 0 Å². The Bertz CT molecular complexity index is 607. The first-order valence-electron chi connectivity index (χ1n) is 6.79. The van der Waals surface area contributed by atoms with Crippen molar-refractivity contribution in [3.8, 4) is 6.07 Å². The van der Waals surface area contributed by atoms with Crippen LogP contribution in [0.4, 0.5) is 17.3 Å². The van der Waals surface area contributed by atoms with E-state index in [2.05, 4.69) is 21.7 Å². The van der Waals surface area contributed by atoms with Crippen LogP contribution >= 0.6 is 0 Å². The Hall–Kier alpha value is -2.58. The van der Waals surface area contributed by atoms with Crippen molar-refractivity contribution in [3.05, 3.63) is 48.0 Å². The molecule has 0 unspecified atom stereocenters. The Morgan fingerprint density at radius 1 is 1.19 bits per heavy atom. The molecule has 1 aromatic carbocycles. The molecule has 0 spiro atoms. The van der Waals surface area contributed by atoms with Gasteiger partial charge in [-0.25, -0.2) is 4.98 Å². The van der Waals surface area contributed by atoms with E-state index in [1.165, 1.54) is 0 Å². The minimum atomic E-state index is 0.515. The minimum Gasteiger partial charge on any atom is -0.385 e. The smallest absolute Gasteiger partial charge is 0.150 e. The lowest BCUT2D eigenvalue weighted by Gasteiger charge is -2.10. The molecule has 108 valence electrons. The number of benzene rings is 1. The highest BCUT2D eigenvalue weighted by Crippen LogP contribution is 2.20. The molecule has 0 radical (unpaired) electrons. The molecule has 5 nitrogen and oxygen atoms in total. The second kappa shape index (κ2) is 7.88. The first kappa shape index (κ1) is 14.8. The summed E-state index contributed by atoms with van der Waals surface area (Å²) in [6, 6.07) is 15.4. The highest BCUT2D eigenvalue weighted by Gasteiger charge is 2.05. The molecule has 5 heteroatoms. The first-order valence-corrected chi connectivity index (χ1v) is 6.79. The number of nitrogens with one attached hydrogen (secondary N) is 2. The van der Waals surface area contributed by atoms with Crippen LogP contribution in [0.5, 0.6) is 0 Å². The molecule has 0 saturated carbocycles. The van der Waals surface area contributed by atoms with E-state index in [9.17, 15) is 0 Å². The molecule has 0 aliphatic rings. The molecule has 0 fully saturated rings. The topological polar surface area (TPSA) is 70.0 Å². The number of pyridine rings is 1. The van der Waals surface area contributed by atoms with E-state index in [1.54, 1.807) is 13.2 Å². The first-order chi connectivity index (χ1) is 10.3. The van der Waals surface area contributed by atoms with Crippen LogP contribution in [-0.4, -0.2) is 25.2 Å². The molecule has 0 aliphatic heterocycles. The van der Waals surface area contributed by atoms with Crippen LogP contribution in [0.3, 0.4) is 0 Å². The molecule has 0 saturated heterocycles. The molecular formula is C16H18N4O. The number of ether oxygens (including phenoxy) is 1. The van der Waals surface area contributed by atoms with Crippen molar-refractivity contribution in [2.24, 2.45) is 0 Å². The quantitative estimate of drug-likeness (QED) is 0.763. The second-order valence-electron chi connectivity index (χ2n) is 4.47. The number of para-hydroxylation sites is 1. The Kier molecular flexibility index (Phi) is 5.56. The zero-order valence-electron chi connectivity index (χ0n) is 12.0. The molecule has 0 amide bonds. The fraction of sp³-hybridized carbons (Fsp3) is 0.250. The molecular weight excluding hydrogens is 264 g/mol. The van der Waals surface area contributed by atoms with E-state index in [0.717, 1.165) is 24.5 Å². The van der Waals surface area contributed by atoms with Gasteiger partial charge in [0.25, 0.3) is 0 Å². The van der Waals surface area contributed by atoms with Crippen molar-refractivity contribution < 1.29 is 4.74 Å². The summed E-state index contributed by atoms with van der Waals surface area (Å²) in [4.78, 5) is 4.45. The maximum Gasteiger partial charge on any atom is 0.150 e. The summed E-state index contributed by atoms with van der Waals surface area (Å²) in [5.74, 6) is 1.30. The number of anilines is 3. The SMILES string of the molecule is COCCCNc1ccc(C#N)c(Nc2ccccc2)n1. The fourth-order valence-electron chi connectivity index (χ4n) is 1.83. The van der Waals surface area contributed by atoms with Gasteiger partial charge < -0.3 is 15.4 Å². The largest absolute Gasteiger partial charge is 0.385 e. The van der Waals surface area contributed by atoms with Crippen LogP contribution in [0.25, 0.3) is 0 Å². The standard InChI is InChI=1S/C16H18N4O/c1-21-11-5-10-18-15-9-8-13(12-17)16(20-15)19-14-6-3-2-4-7-14/h2-4,6-9H,5,10-11H2,1H3,(H2,18,19,20). The lowest BCUT2D eigenvalue weighted by atomic mass is 10.2. The molecule has 2 rings (SSSR count). The Labute approximate surface area is 124 Å². The number of hydrogen-bond donors (Lipinski definition) is 2. The van der Waals surface area contributed by atoms with Crippen LogP contribution in [0.1, 0.15) is 12.0 Å². The number of hydrogen-bond acceptors (Lipinski definition) is 5. The van der Waals surface area contributed by atoms with Gasteiger partial charge in [-0.1, -0.05) is 18.2 Å². The van der Waals surface area contributed by atoms with Gasteiger partial charge in [-0.15, -0.1) is 0 Å². The minimum absolute atomic E-state index is 0.515. The zero-order valence-corrected chi connectivity index (χ0v) is 12.0. The van der Waals surface area contributed by atoms with Crippen molar-refractivity contribution in [2.45, 2.75) is 6.42 Å². The van der Waals surface area contributed by atoms with Gasteiger partial charge in [0.15, 0.2) is 5.82 Å². The van der Waals surface area contributed by atoms with Gasteiger partial charge in [0, 0.05) is 25.9 Å². The number of rotatable bonds is 7. The summed E-state index contributed by atoms with van der Waals surface area (Å²) in [5.41, 5.74) is 1.42. The van der Waals surface area contributed by atoms with Gasteiger partial charge in [0.2, 0.25) is 0 Å². The third kappa shape index (κ3) is 4.48. The van der Waals surface area contributed by atoms with Crippen LogP contribution in [-0.2, 0) is 4.74 Å². The molecule has 0 aliphatic carbocycles. The zero-order chi connectivity index (χ0) is 14.9. The predicted molar refractivity (Wildman–Crippen MR) is 83.7 cm³/mol. The van der Waals surface area contributed by atoms with E-state index >= 15 is 0 Å². The summed E-state index contributed by atoms with van der Waals surface area (Å²) >= 11 is 0. The third-order valence-corrected chi connectivity index (χ3v) is 2.88. The van der Waals surface area contributed by atoms with Crippen LogP contribution in [0.2, 0.25) is 0 Å². The van der Waals surface area contributed by atoms with Crippen LogP contribution in [0.15, 0.2) is 42.5 Å². The monoisotopic (exact) mass is 282 g/mol. The number of nitrogens with zero attached hydrogens (tertiary/aromatic N) is 2. The van der Waals surface area contributed by atoms with E-state index in [-0.39, 0.29) is 0 Å². The summed E-state index contributed by atoms with van der Waals surface area (Å²) < 4.78 is 5.00. The van der Waals surface area contributed by atoms with Crippen molar-refractivity contribution in [1.82, 2.24) is 4.98 Å². The predicted octanol–water partition coefficient (Wildman–Crippen LogP) is 3.15. The lowest BCUT2D eigenvalue weighted by Crippen LogP contribution is -2.07. The van der Waals surface area contributed by atoms with E-state index in [1.807, 2.05) is 36.4 Å². The van der Waals surface area contributed by atoms with Gasteiger partial charge in [-0.2, -0.15) is 5.26 Å². The Balaban J connectivity index is 2.09. The average molecular weight is 282 g/mol. The van der Waals surface area contributed by atoms with Crippen molar-refractivity contribution in [3.63, 3.8) is 0 Å². The molecule has 0 atom stereocenters. The number of methoxy groups -OCH3 is 1. The van der Waals surface area contributed by atoms with Gasteiger partial charge in [0.05, 0.1) is 5.56 Å². The number of aromatic nitrogens is 1. The third-order valence-electron chi connectivity index (χ3n) is 2.88. The van der Waals surface area contributed by atoms with Gasteiger partial charge in [-0.05, 0) is 30.7 Å². The van der Waals surface area contributed by atoms with Crippen LogP contribution < -0.4 is 10.6 Å². The Morgan fingerprint density at radius 2 is 2.00 bits per heavy atom. The van der Waals surface area contributed by atoms with E-state index < -0.39 is 0 Å². The van der Waals surface area contributed by atoms with E-state index in [4.69, 9.17) is 10.00 Å². The summed E-state index contributed by atoms with van der Waals surface area (Å²) in [6.45, 7) is 1.48. The maximum atomic E-state index is 9.17. The maximum absolute atomic E-state index is 9.17. The highest BCUT2D eigenvalue weighted by atomic mass is 16.5. The van der Waals surface area contributed by atoms with Gasteiger partial charge >= 0.3 is 0 Å². The molecule has 2 aromatic rings. The summed E-state index contributed by atoms with van der Waals surface area (Å²) in [7, 11) is 1.68. The highest BCUT2D eigenvalue weighted by molar-refractivity contribution is 5.64. The second-order valence-corrected chi connectivity index (χ2v) is 4.47. The molecule has 1 aromatic heterocycles. The van der Waals surface area contributed by atoms with Crippen molar-refractivity contribution in [1.29, 1.82) is 5.26 Å². The molecule has 2 N–H and O–H groups in total. The van der Waals surface area contributed by atoms with Crippen molar-refractivity contribution >= 4 is 17.3 Å². The number of nitriles is 1. The van der Waals surface area contributed by atoms with Crippen LogP contribution in [0, 0.1) is 11.3 Å². The lowest BCUT2D eigenvalue weighted by molar-refractivity contribution is 0.198. The molecule has 1 heterocycles. The summed E-state index contributed by atoms with van der Waals surface area (Å²) in [5, 5.41) is 15.5. The average Bonchev–Trinajstić information content (AvgIpc) is 2.53. The molecule has 21 heavy (non-hydrogen) atoms. The van der Waals surface area contributed by atoms with E-state index in [0.29, 0.717) is 18.0 Å². The summed E-state index contributed by atoms with van der Waals surface area (Å²) in [6.07, 6.45) is 0.902. The van der Waals surface area contributed by atoms with Crippen molar-refractivity contribution in [2.75, 3.05) is 30.9 Å².